The van der Waals surface area contributed by atoms with Gasteiger partial charge >= 0.3 is 0 Å². The van der Waals surface area contributed by atoms with E-state index in [-0.39, 0.29) is 11.4 Å². The average Bonchev–Trinajstić information content (AvgIpc) is 3.29. The number of aryl methyl sites for hydroxylation is 3. The largest absolute Gasteiger partial charge is 0.319 e. The molecule has 1 unspecified atom stereocenters. The van der Waals surface area contributed by atoms with Crippen LogP contribution >= 0.6 is 11.8 Å². The topological polar surface area (TPSA) is 116 Å². The van der Waals surface area contributed by atoms with E-state index >= 15 is 0 Å². The van der Waals surface area contributed by atoms with Crippen molar-refractivity contribution in [3.63, 3.8) is 0 Å². The monoisotopic (exact) mass is 474 g/mol. The zero-order valence-electron chi connectivity index (χ0n) is 18.8. The molecule has 1 amide bonds. The smallest absolute Gasteiger partial charge is 0.293 e. The highest BCUT2D eigenvalue weighted by molar-refractivity contribution is 8.00. The van der Waals surface area contributed by atoms with Crippen molar-refractivity contribution in [3.8, 4) is 5.69 Å². The Morgan fingerprint density at radius 2 is 1.79 bits per heavy atom. The SMILES string of the molecule is Cc1ccc(NC(=O)C(Sc2nnnn2-c2ccc(C)c(C)c2)c2ccccc2)c([N+](=O)[O-])c1. The lowest BCUT2D eigenvalue weighted by molar-refractivity contribution is -0.384. The summed E-state index contributed by atoms with van der Waals surface area (Å²) in [5.41, 5.74) is 4.43. The molecular weight excluding hydrogens is 452 g/mol. The Hall–Kier alpha value is -4.05. The molecular formula is C24H22N6O3S. The number of nitro groups is 1. The number of nitrogens with zero attached hydrogens (tertiary/aromatic N) is 5. The Morgan fingerprint density at radius 3 is 2.50 bits per heavy atom. The molecule has 0 fully saturated rings. The molecule has 3 aromatic carbocycles. The van der Waals surface area contributed by atoms with Crippen molar-refractivity contribution in [2.45, 2.75) is 31.2 Å². The summed E-state index contributed by atoms with van der Waals surface area (Å²) in [6.45, 7) is 5.78. The number of anilines is 1. The lowest BCUT2D eigenvalue weighted by Crippen LogP contribution is -2.20. The van der Waals surface area contributed by atoms with Gasteiger partial charge in [0, 0.05) is 6.07 Å². The molecule has 4 aromatic rings. The molecule has 0 aliphatic carbocycles. The summed E-state index contributed by atoms with van der Waals surface area (Å²) in [7, 11) is 0. The van der Waals surface area contributed by atoms with Crippen molar-refractivity contribution >= 4 is 29.0 Å². The zero-order chi connectivity index (χ0) is 24.2. The maximum atomic E-state index is 13.4. The van der Waals surface area contributed by atoms with E-state index in [4.69, 9.17) is 0 Å². The second kappa shape index (κ2) is 9.84. The number of rotatable bonds is 7. The molecule has 0 saturated carbocycles. The second-order valence-electron chi connectivity index (χ2n) is 7.82. The Kier molecular flexibility index (Phi) is 6.69. The zero-order valence-corrected chi connectivity index (χ0v) is 19.6. The lowest BCUT2D eigenvalue weighted by Gasteiger charge is -2.17. The van der Waals surface area contributed by atoms with E-state index in [2.05, 4.69) is 20.8 Å². The molecule has 1 heterocycles. The minimum atomic E-state index is -0.751. The molecule has 4 rings (SSSR count). The fourth-order valence-electron chi connectivity index (χ4n) is 3.37. The number of carbonyl (C=O) groups is 1. The van der Waals surface area contributed by atoms with Crippen molar-refractivity contribution in [2.24, 2.45) is 0 Å². The summed E-state index contributed by atoms with van der Waals surface area (Å²) in [6.07, 6.45) is 0. The van der Waals surface area contributed by atoms with Gasteiger partial charge in [0.05, 0.1) is 10.6 Å². The van der Waals surface area contributed by atoms with Crippen LogP contribution < -0.4 is 5.32 Å². The molecule has 1 N–H and O–H groups in total. The number of amides is 1. The van der Waals surface area contributed by atoms with Gasteiger partial charge in [-0.05, 0) is 71.7 Å². The predicted octanol–water partition coefficient (Wildman–Crippen LogP) is 4.97. The standard InChI is InChI=1S/C24H22N6O3S/c1-15-9-12-20(21(13-15)30(32)33)25-23(31)22(18-7-5-4-6-8-18)34-24-26-27-28-29(24)19-11-10-16(2)17(3)14-19/h4-14,22H,1-3H3,(H,25,31). The Labute approximate surface area is 200 Å². The number of benzene rings is 3. The van der Waals surface area contributed by atoms with Crippen LogP contribution in [-0.2, 0) is 4.79 Å². The van der Waals surface area contributed by atoms with Crippen LogP contribution in [0, 0.1) is 30.9 Å². The van der Waals surface area contributed by atoms with Crippen molar-refractivity contribution in [1.82, 2.24) is 20.2 Å². The van der Waals surface area contributed by atoms with Gasteiger partial charge in [-0.15, -0.1) is 5.10 Å². The number of tetrazole rings is 1. The van der Waals surface area contributed by atoms with Crippen LogP contribution in [0.15, 0.2) is 71.9 Å². The highest BCUT2D eigenvalue weighted by Crippen LogP contribution is 2.37. The first-order valence-electron chi connectivity index (χ1n) is 10.5. The minimum Gasteiger partial charge on any atom is -0.319 e. The van der Waals surface area contributed by atoms with Crippen LogP contribution in [0.5, 0.6) is 0 Å². The molecule has 34 heavy (non-hydrogen) atoms. The Bertz CT molecular complexity index is 1360. The first-order chi connectivity index (χ1) is 16.3. The first kappa shape index (κ1) is 23.1. The van der Waals surface area contributed by atoms with Crippen LogP contribution in [0.25, 0.3) is 5.69 Å². The molecule has 0 radical (unpaired) electrons. The van der Waals surface area contributed by atoms with E-state index in [0.717, 1.165) is 27.9 Å². The molecule has 9 nitrogen and oxygen atoms in total. The lowest BCUT2D eigenvalue weighted by atomic mass is 10.1. The highest BCUT2D eigenvalue weighted by Gasteiger charge is 2.27. The predicted molar refractivity (Wildman–Crippen MR) is 130 cm³/mol. The normalized spacial score (nSPS) is 11.7. The van der Waals surface area contributed by atoms with Crippen LogP contribution in [0.3, 0.4) is 0 Å². The second-order valence-corrected chi connectivity index (χ2v) is 8.89. The Morgan fingerprint density at radius 1 is 1.03 bits per heavy atom. The molecule has 0 aliphatic heterocycles. The van der Waals surface area contributed by atoms with Gasteiger partial charge < -0.3 is 5.32 Å². The van der Waals surface area contributed by atoms with E-state index in [1.54, 1.807) is 17.7 Å². The fraction of sp³-hybridized carbons (Fsp3) is 0.167. The molecule has 0 saturated heterocycles. The fourth-order valence-corrected chi connectivity index (χ4v) is 4.37. The van der Waals surface area contributed by atoms with Crippen LogP contribution in [0.2, 0.25) is 0 Å². The number of carbonyl (C=O) groups excluding carboxylic acids is 1. The van der Waals surface area contributed by atoms with Crippen molar-refractivity contribution < 1.29 is 9.72 Å². The summed E-state index contributed by atoms with van der Waals surface area (Å²) in [4.78, 5) is 24.4. The summed E-state index contributed by atoms with van der Waals surface area (Å²) in [5.74, 6) is -0.419. The number of hydrogen-bond acceptors (Lipinski definition) is 7. The molecule has 0 aliphatic rings. The van der Waals surface area contributed by atoms with E-state index in [1.165, 1.54) is 23.9 Å². The maximum absolute atomic E-state index is 13.4. The number of hydrogen-bond donors (Lipinski definition) is 1. The summed E-state index contributed by atoms with van der Waals surface area (Å²) < 4.78 is 1.58. The molecule has 10 heteroatoms. The van der Waals surface area contributed by atoms with Gasteiger partial charge in [0.2, 0.25) is 11.1 Å². The number of thioether (sulfide) groups is 1. The molecule has 0 bridgehead atoms. The Balaban J connectivity index is 1.68. The number of aromatic nitrogens is 4. The molecule has 1 atom stereocenters. The van der Waals surface area contributed by atoms with Crippen LogP contribution in [0.1, 0.15) is 27.5 Å². The highest BCUT2D eigenvalue weighted by atomic mass is 32.2. The average molecular weight is 475 g/mol. The molecule has 1 aromatic heterocycles. The van der Waals surface area contributed by atoms with Gasteiger partial charge in [-0.25, -0.2) is 0 Å². The molecule has 0 spiro atoms. The van der Waals surface area contributed by atoms with Gasteiger partial charge in [-0.3, -0.25) is 14.9 Å². The number of nitrogens with one attached hydrogen (secondary N) is 1. The van der Waals surface area contributed by atoms with E-state index < -0.39 is 16.1 Å². The van der Waals surface area contributed by atoms with Gasteiger partial charge in [0.15, 0.2) is 0 Å². The van der Waals surface area contributed by atoms with Gasteiger partial charge in [0.25, 0.3) is 5.69 Å². The van der Waals surface area contributed by atoms with Gasteiger partial charge in [0.1, 0.15) is 10.9 Å². The summed E-state index contributed by atoms with van der Waals surface area (Å²) >= 11 is 1.17. The first-order valence-corrected chi connectivity index (χ1v) is 11.3. The summed E-state index contributed by atoms with van der Waals surface area (Å²) in [5, 5.41) is 26.0. The van der Waals surface area contributed by atoms with Crippen molar-refractivity contribution in [1.29, 1.82) is 0 Å². The van der Waals surface area contributed by atoms with E-state index in [0.29, 0.717) is 5.16 Å². The maximum Gasteiger partial charge on any atom is 0.293 e. The van der Waals surface area contributed by atoms with Crippen LogP contribution in [0.4, 0.5) is 11.4 Å². The third-order valence-electron chi connectivity index (χ3n) is 5.35. The summed E-state index contributed by atoms with van der Waals surface area (Å²) in [6, 6.07) is 19.7. The van der Waals surface area contributed by atoms with Crippen molar-refractivity contribution in [3.05, 3.63) is 99.1 Å². The number of nitro benzene ring substituents is 1. The van der Waals surface area contributed by atoms with Gasteiger partial charge in [-0.1, -0.05) is 54.2 Å². The quantitative estimate of drug-likeness (QED) is 0.228. The third-order valence-corrected chi connectivity index (χ3v) is 6.53. The van der Waals surface area contributed by atoms with Gasteiger partial charge in [-0.2, -0.15) is 4.68 Å². The third kappa shape index (κ3) is 4.96. The van der Waals surface area contributed by atoms with Crippen molar-refractivity contribution in [2.75, 3.05) is 5.32 Å². The van der Waals surface area contributed by atoms with E-state index in [1.807, 2.05) is 62.4 Å². The van der Waals surface area contributed by atoms with E-state index in [9.17, 15) is 14.9 Å². The van der Waals surface area contributed by atoms with Crippen LogP contribution in [-0.4, -0.2) is 31.0 Å². The minimum absolute atomic E-state index is 0.135. The molecule has 172 valence electrons.